The molecule has 1 heterocycles. The number of methoxy groups -OCH3 is 2. The summed E-state index contributed by atoms with van der Waals surface area (Å²) in [7, 11) is 2.60. The van der Waals surface area contributed by atoms with Crippen molar-refractivity contribution in [3.63, 3.8) is 0 Å². The third-order valence-electron chi connectivity index (χ3n) is 2.86. The normalized spacial score (nSPS) is 22.6. The van der Waals surface area contributed by atoms with E-state index in [2.05, 4.69) is 0 Å². The third kappa shape index (κ3) is 2.62. The second-order valence-electron chi connectivity index (χ2n) is 4.08. The molecule has 0 aliphatic carbocycles. The molecule has 1 aliphatic rings. The molecule has 0 saturated carbocycles. The molecule has 20 heavy (non-hydrogen) atoms. The van der Waals surface area contributed by atoms with Crippen LogP contribution in [0.1, 0.15) is 5.56 Å². The zero-order valence-electron chi connectivity index (χ0n) is 11.2. The summed E-state index contributed by atoms with van der Waals surface area (Å²) in [5, 5.41) is 0. The van der Waals surface area contributed by atoms with E-state index in [0.29, 0.717) is 0 Å². The van der Waals surface area contributed by atoms with Gasteiger partial charge in [0, 0.05) is 7.11 Å². The zero-order chi connectivity index (χ0) is 14.6. The Morgan fingerprint density at radius 1 is 1.15 bits per heavy atom. The van der Waals surface area contributed by atoms with Crippen LogP contribution in [-0.2, 0) is 23.8 Å². The molecule has 0 fully saturated rings. The minimum atomic E-state index is -1.78. The summed E-state index contributed by atoms with van der Waals surface area (Å²) in [5.74, 6) is -3.14. The van der Waals surface area contributed by atoms with E-state index < -0.39 is 17.5 Å². The Labute approximate surface area is 116 Å². The van der Waals surface area contributed by atoms with Crippen LogP contribution >= 0.6 is 0 Å². The fourth-order valence-corrected chi connectivity index (χ4v) is 1.80. The Kier molecular flexibility index (Phi) is 4.00. The summed E-state index contributed by atoms with van der Waals surface area (Å²) in [6.07, 6.45) is 4.04. The van der Waals surface area contributed by atoms with E-state index in [-0.39, 0.29) is 5.76 Å². The molecular formula is C15H14O5. The molecule has 5 heteroatoms. The Bertz CT molecular complexity index is 573. The van der Waals surface area contributed by atoms with Gasteiger partial charge in [-0.3, -0.25) is 4.79 Å². The molecule has 0 unspecified atom stereocenters. The van der Waals surface area contributed by atoms with Crippen molar-refractivity contribution in [3.05, 3.63) is 53.8 Å². The molecule has 0 N–H and O–H groups in total. The first-order chi connectivity index (χ1) is 9.61. The maximum absolute atomic E-state index is 12.2. The van der Waals surface area contributed by atoms with Crippen molar-refractivity contribution < 1.29 is 23.8 Å². The van der Waals surface area contributed by atoms with Crippen LogP contribution in [0.2, 0.25) is 0 Å². The van der Waals surface area contributed by atoms with Crippen molar-refractivity contribution in [2.24, 2.45) is 0 Å². The van der Waals surface area contributed by atoms with Gasteiger partial charge in [0.1, 0.15) is 0 Å². The molecule has 1 aromatic carbocycles. The number of Topliss-reactive ketones (excluding diaryl/α,β-unsaturated/α-hetero) is 1. The van der Waals surface area contributed by atoms with E-state index >= 15 is 0 Å². The maximum Gasteiger partial charge on any atom is 0.337 e. The Hall–Kier alpha value is -2.40. The fraction of sp³-hybridized carbons (Fsp3) is 0.200. The van der Waals surface area contributed by atoms with E-state index in [4.69, 9.17) is 14.2 Å². The van der Waals surface area contributed by atoms with Gasteiger partial charge in [0.25, 0.3) is 5.78 Å². The molecule has 0 bridgehead atoms. The lowest BCUT2D eigenvalue weighted by molar-refractivity contribution is -0.201. The standard InChI is InChI=1S/C15H14O5/c1-18-12-10-13(16)20-15(19-2,14(12)17)9-8-11-6-4-3-5-7-11/h3-10H,1-2H3/b9-8+/t15-/m0/s1. The number of hydrogen-bond acceptors (Lipinski definition) is 5. The van der Waals surface area contributed by atoms with Gasteiger partial charge in [-0.2, -0.15) is 0 Å². The van der Waals surface area contributed by atoms with Gasteiger partial charge < -0.3 is 14.2 Å². The highest BCUT2D eigenvalue weighted by Gasteiger charge is 2.46. The number of esters is 1. The maximum atomic E-state index is 12.2. The predicted molar refractivity (Wildman–Crippen MR) is 71.4 cm³/mol. The van der Waals surface area contributed by atoms with E-state index in [1.54, 1.807) is 6.08 Å². The summed E-state index contributed by atoms with van der Waals surface area (Å²) in [6, 6.07) is 9.29. The van der Waals surface area contributed by atoms with E-state index in [9.17, 15) is 9.59 Å². The van der Waals surface area contributed by atoms with Crippen LogP contribution < -0.4 is 0 Å². The van der Waals surface area contributed by atoms with Crippen LogP contribution in [0.4, 0.5) is 0 Å². The van der Waals surface area contributed by atoms with E-state index in [1.807, 2.05) is 30.3 Å². The minimum Gasteiger partial charge on any atom is -0.492 e. The third-order valence-corrected chi connectivity index (χ3v) is 2.86. The van der Waals surface area contributed by atoms with Crippen LogP contribution in [0.25, 0.3) is 6.08 Å². The van der Waals surface area contributed by atoms with Gasteiger partial charge >= 0.3 is 11.8 Å². The van der Waals surface area contributed by atoms with Crippen LogP contribution in [0, 0.1) is 0 Å². The van der Waals surface area contributed by atoms with Crippen molar-refractivity contribution in [1.82, 2.24) is 0 Å². The molecule has 0 spiro atoms. The molecule has 2 rings (SSSR count). The Morgan fingerprint density at radius 3 is 2.45 bits per heavy atom. The van der Waals surface area contributed by atoms with Crippen LogP contribution in [0.3, 0.4) is 0 Å². The van der Waals surface area contributed by atoms with Crippen molar-refractivity contribution >= 4 is 17.8 Å². The monoisotopic (exact) mass is 274 g/mol. The summed E-state index contributed by atoms with van der Waals surface area (Å²) in [5.41, 5.74) is 0.848. The van der Waals surface area contributed by atoms with Crippen molar-refractivity contribution in [2.75, 3.05) is 14.2 Å². The molecule has 0 amide bonds. The smallest absolute Gasteiger partial charge is 0.337 e. The number of ketones is 1. The topological polar surface area (TPSA) is 61.8 Å². The lowest BCUT2D eigenvalue weighted by Gasteiger charge is -2.30. The fourth-order valence-electron chi connectivity index (χ4n) is 1.80. The number of carbonyl (C=O) groups is 2. The lowest BCUT2D eigenvalue weighted by Crippen LogP contribution is -2.47. The van der Waals surface area contributed by atoms with Crippen molar-refractivity contribution in [3.8, 4) is 0 Å². The van der Waals surface area contributed by atoms with Gasteiger partial charge in [0.05, 0.1) is 13.2 Å². The van der Waals surface area contributed by atoms with Gasteiger partial charge in [-0.05, 0) is 11.6 Å². The van der Waals surface area contributed by atoms with Crippen molar-refractivity contribution in [2.45, 2.75) is 5.79 Å². The average Bonchev–Trinajstić information content (AvgIpc) is 2.49. The summed E-state index contributed by atoms with van der Waals surface area (Å²) in [6.45, 7) is 0. The highest BCUT2D eigenvalue weighted by Crippen LogP contribution is 2.26. The first-order valence-corrected chi connectivity index (χ1v) is 5.94. The first kappa shape index (κ1) is 14.0. The largest absolute Gasteiger partial charge is 0.492 e. The van der Waals surface area contributed by atoms with Crippen LogP contribution in [-0.4, -0.2) is 31.8 Å². The molecule has 0 aromatic heterocycles. The highest BCUT2D eigenvalue weighted by molar-refractivity contribution is 6.09. The van der Waals surface area contributed by atoms with E-state index in [1.165, 1.54) is 20.3 Å². The number of hydrogen-bond donors (Lipinski definition) is 0. The molecule has 5 nitrogen and oxygen atoms in total. The molecule has 1 aliphatic heterocycles. The molecule has 1 atom stereocenters. The van der Waals surface area contributed by atoms with Crippen molar-refractivity contribution in [1.29, 1.82) is 0 Å². The quantitative estimate of drug-likeness (QED) is 0.782. The molecule has 1 aromatic rings. The minimum absolute atomic E-state index is 0.0965. The number of cyclic esters (lactones) is 1. The first-order valence-electron chi connectivity index (χ1n) is 5.94. The van der Waals surface area contributed by atoms with Gasteiger partial charge in [0.2, 0.25) is 0 Å². The number of carbonyl (C=O) groups excluding carboxylic acids is 2. The molecule has 0 saturated heterocycles. The Morgan fingerprint density at radius 2 is 1.85 bits per heavy atom. The second kappa shape index (κ2) is 5.71. The van der Waals surface area contributed by atoms with Crippen LogP contribution in [0.15, 0.2) is 48.2 Å². The van der Waals surface area contributed by atoms with Gasteiger partial charge in [-0.15, -0.1) is 0 Å². The summed E-state index contributed by atoms with van der Waals surface area (Å²) in [4.78, 5) is 23.7. The number of rotatable bonds is 4. The number of benzene rings is 1. The van der Waals surface area contributed by atoms with Gasteiger partial charge in [-0.25, -0.2) is 4.79 Å². The van der Waals surface area contributed by atoms with E-state index in [0.717, 1.165) is 11.6 Å². The SMILES string of the molecule is COC1=CC(=O)O[C@](/C=C/c2ccccc2)(OC)C1=O. The summed E-state index contributed by atoms with van der Waals surface area (Å²) < 4.78 is 15.0. The number of ether oxygens (including phenoxy) is 3. The predicted octanol–water partition coefficient (Wildman–Crippen LogP) is 1.70. The molecule has 0 radical (unpaired) electrons. The molecular weight excluding hydrogens is 260 g/mol. The summed E-state index contributed by atoms with van der Waals surface area (Å²) >= 11 is 0. The highest BCUT2D eigenvalue weighted by atomic mass is 16.7. The van der Waals surface area contributed by atoms with Gasteiger partial charge in [0.15, 0.2) is 5.76 Å². The Balaban J connectivity index is 2.35. The average molecular weight is 274 g/mol. The van der Waals surface area contributed by atoms with Crippen LogP contribution in [0.5, 0.6) is 0 Å². The van der Waals surface area contributed by atoms with Gasteiger partial charge in [-0.1, -0.05) is 36.4 Å². The second-order valence-corrected chi connectivity index (χ2v) is 4.08. The lowest BCUT2D eigenvalue weighted by atomic mass is 10.0. The zero-order valence-corrected chi connectivity index (χ0v) is 11.2. The molecule has 104 valence electrons.